The van der Waals surface area contributed by atoms with Crippen LogP contribution in [0.25, 0.3) is 0 Å². The number of hydrogen-bond donors (Lipinski definition) is 4. The zero-order chi connectivity index (χ0) is 33.7. The zero-order valence-corrected chi connectivity index (χ0v) is 29.2. The molecular weight excluding hydrogens is 568 g/mol. The SMILES string of the molecule is CCCOC1(C)CC(C)C(=O)NC(C)C(O)C(C)(O)C(CC)OC(=O)C(C)C(O)C(C)C1OC1OC(C)CC(N(C)C)C1C. The second-order valence-electron chi connectivity index (χ2n) is 14.2. The van der Waals surface area contributed by atoms with Crippen LogP contribution >= 0.6 is 0 Å². The molecule has 2 aliphatic heterocycles. The van der Waals surface area contributed by atoms with E-state index in [4.69, 9.17) is 18.9 Å². The normalized spacial score (nSPS) is 45.3. The van der Waals surface area contributed by atoms with Crippen LogP contribution < -0.4 is 5.32 Å². The topological polar surface area (TPSA) is 147 Å². The van der Waals surface area contributed by atoms with Crippen molar-refractivity contribution >= 4 is 11.9 Å². The van der Waals surface area contributed by atoms with Crippen LogP contribution in [-0.4, -0.2) is 113 Å². The second kappa shape index (κ2) is 16.0. The maximum Gasteiger partial charge on any atom is 0.311 e. The summed E-state index contributed by atoms with van der Waals surface area (Å²) in [4.78, 5) is 29.1. The Balaban J connectivity index is 2.65. The number of aliphatic hydroxyl groups excluding tert-OH is 2. The average Bonchev–Trinajstić information content (AvgIpc) is 2.96. The fraction of sp³-hybridized carbons (Fsp3) is 0.939. The van der Waals surface area contributed by atoms with E-state index < -0.39 is 71.7 Å². The lowest BCUT2D eigenvalue weighted by Crippen LogP contribution is -2.59. The van der Waals surface area contributed by atoms with Crippen molar-refractivity contribution in [3.8, 4) is 0 Å². The highest BCUT2D eigenvalue weighted by Crippen LogP contribution is 2.39. The molecule has 0 radical (unpaired) electrons. The molecule has 0 aliphatic carbocycles. The molecule has 1 amide bonds. The van der Waals surface area contributed by atoms with Crippen molar-refractivity contribution in [1.82, 2.24) is 10.2 Å². The van der Waals surface area contributed by atoms with Gasteiger partial charge in [0.05, 0.1) is 35.9 Å². The van der Waals surface area contributed by atoms with Gasteiger partial charge in [-0.25, -0.2) is 0 Å². The minimum atomic E-state index is -1.87. The first-order valence-electron chi connectivity index (χ1n) is 16.5. The van der Waals surface area contributed by atoms with Crippen molar-refractivity contribution in [3.63, 3.8) is 0 Å². The van der Waals surface area contributed by atoms with Crippen molar-refractivity contribution in [2.75, 3.05) is 20.7 Å². The van der Waals surface area contributed by atoms with Gasteiger partial charge in [-0.1, -0.05) is 34.6 Å². The summed E-state index contributed by atoms with van der Waals surface area (Å²) in [6.45, 7) is 18.3. The van der Waals surface area contributed by atoms with Gasteiger partial charge in [-0.2, -0.15) is 0 Å². The Labute approximate surface area is 265 Å². The molecule has 14 unspecified atom stereocenters. The number of ether oxygens (including phenoxy) is 4. The fourth-order valence-electron chi connectivity index (χ4n) is 7.02. The lowest BCUT2D eigenvalue weighted by Gasteiger charge is -2.48. The zero-order valence-electron chi connectivity index (χ0n) is 29.2. The fourth-order valence-corrected chi connectivity index (χ4v) is 7.02. The van der Waals surface area contributed by atoms with E-state index in [9.17, 15) is 24.9 Å². The maximum absolute atomic E-state index is 13.5. The standard InChI is InChI=1S/C33H62N2O9/c1-13-15-41-32(9)17-18(3)29(38)34-23(8)27(37)33(10,40)25(14-2)43-30(39)22(7)26(36)21(6)28(32)44-31-20(5)24(35(11)12)16-19(4)42-31/h18-28,31,36-37,40H,13-17H2,1-12H3,(H,34,38). The lowest BCUT2D eigenvalue weighted by atomic mass is 9.77. The predicted molar refractivity (Wildman–Crippen MR) is 168 cm³/mol. The monoisotopic (exact) mass is 630 g/mol. The summed E-state index contributed by atoms with van der Waals surface area (Å²) < 4.78 is 25.5. The quantitative estimate of drug-likeness (QED) is 0.310. The largest absolute Gasteiger partial charge is 0.459 e. The summed E-state index contributed by atoms with van der Waals surface area (Å²) in [6.07, 6.45) is -3.22. The van der Waals surface area contributed by atoms with Crippen LogP contribution in [0.4, 0.5) is 0 Å². The van der Waals surface area contributed by atoms with Gasteiger partial charge in [0.15, 0.2) is 6.29 Å². The number of hydrogen-bond acceptors (Lipinski definition) is 10. The van der Waals surface area contributed by atoms with E-state index in [2.05, 4.69) is 17.1 Å². The van der Waals surface area contributed by atoms with Crippen LogP contribution in [-0.2, 0) is 28.5 Å². The maximum atomic E-state index is 13.5. The van der Waals surface area contributed by atoms with Crippen molar-refractivity contribution in [2.24, 2.45) is 23.7 Å². The van der Waals surface area contributed by atoms with Gasteiger partial charge in [-0.05, 0) is 74.4 Å². The van der Waals surface area contributed by atoms with Crippen molar-refractivity contribution in [2.45, 2.75) is 155 Å². The number of carbonyl (C=O) groups excluding carboxylic acids is 2. The molecule has 44 heavy (non-hydrogen) atoms. The molecule has 2 saturated heterocycles. The molecule has 2 fully saturated rings. The average molecular weight is 631 g/mol. The molecule has 14 atom stereocenters. The minimum Gasteiger partial charge on any atom is -0.459 e. The number of aliphatic hydroxyl groups is 3. The van der Waals surface area contributed by atoms with E-state index in [1.807, 2.05) is 41.8 Å². The summed E-state index contributed by atoms with van der Waals surface area (Å²) >= 11 is 0. The highest BCUT2D eigenvalue weighted by atomic mass is 16.7. The molecule has 4 N–H and O–H groups in total. The predicted octanol–water partition coefficient (Wildman–Crippen LogP) is 2.87. The molecule has 11 heteroatoms. The highest BCUT2D eigenvalue weighted by Gasteiger charge is 2.50. The molecule has 2 aliphatic rings. The first kappa shape index (κ1) is 38.8. The van der Waals surface area contributed by atoms with Gasteiger partial charge in [0.25, 0.3) is 0 Å². The summed E-state index contributed by atoms with van der Waals surface area (Å²) in [5.41, 5.74) is -2.94. The molecule has 0 aromatic heterocycles. The first-order valence-corrected chi connectivity index (χ1v) is 16.5. The first-order chi connectivity index (χ1) is 20.3. The summed E-state index contributed by atoms with van der Waals surface area (Å²) in [6, 6.07) is -0.657. The van der Waals surface area contributed by atoms with E-state index in [1.165, 1.54) is 6.92 Å². The minimum absolute atomic E-state index is 0.0180. The lowest BCUT2D eigenvalue weighted by molar-refractivity contribution is -0.290. The Hall–Kier alpha value is -1.34. The number of nitrogens with zero attached hydrogens (tertiary/aromatic N) is 1. The molecule has 2 heterocycles. The van der Waals surface area contributed by atoms with E-state index in [0.717, 1.165) is 12.8 Å². The molecule has 0 saturated carbocycles. The second-order valence-corrected chi connectivity index (χ2v) is 14.2. The molecule has 0 spiro atoms. The van der Waals surface area contributed by atoms with Crippen molar-refractivity contribution < 1.29 is 43.9 Å². The van der Waals surface area contributed by atoms with Gasteiger partial charge in [0.1, 0.15) is 17.8 Å². The summed E-state index contributed by atoms with van der Waals surface area (Å²) in [5.74, 6) is -3.30. The van der Waals surface area contributed by atoms with E-state index in [1.54, 1.807) is 27.7 Å². The van der Waals surface area contributed by atoms with Crippen molar-refractivity contribution in [1.29, 1.82) is 0 Å². The summed E-state index contributed by atoms with van der Waals surface area (Å²) in [7, 11) is 4.07. The summed E-state index contributed by atoms with van der Waals surface area (Å²) in [5, 5.41) is 37.0. The molecular formula is C33H62N2O9. The van der Waals surface area contributed by atoms with Gasteiger partial charge in [0.2, 0.25) is 5.91 Å². The Morgan fingerprint density at radius 1 is 1.02 bits per heavy atom. The van der Waals surface area contributed by atoms with E-state index in [-0.39, 0.29) is 36.8 Å². The van der Waals surface area contributed by atoms with Crippen LogP contribution in [0, 0.1) is 23.7 Å². The Morgan fingerprint density at radius 2 is 1.64 bits per heavy atom. The Bertz CT molecular complexity index is 933. The third kappa shape index (κ3) is 8.92. The van der Waals surface area contributed by atoms with Gasteiger partial charge in [-0.15, -0.1) is 0 Å². The molecule has 0 aromatic carbocycles. The van der Waals surface area contributed by atoms with Crippen LogP contribution in [0.5, 0.6) is 0 Å². The Kier molecular flexibility index (Phi) is 14.1. The van der Waals surface area contributed by atoms with Crippen LogP contribution in [0.1, 0.15) is 94.9 Å². The smallest absolute Gasteiger partial charge is 0.311 e. The van der Waals surface area contributed by atoms with Gasteiger partial charge < -0.3 is 44.5 Å². The third-order valence-corrected chi connectivity index (χ3v) is 9.94. The van der Waals surface area contributed by atoms with E-state index in [0.29, 0.717) is 6.61 Å². The number of cyclic esters (lactones) is 1. The number of esters is 1. The Morgan fingerprint density at radius 3 is 2.18 bits per heavy atom. The van der Waals surface area contributed by atoms with E-state index >= 15 is 0 Å². The number of carbonyl (C=O) groups is 2. The number of nitrogens with one attached hydrogen (secondary N) is 1. The molecule has 258 valence electrons. The number of rotatable bonds is 7. The molecule has 0 bridgehead atoms. The van der Waals surface area contributed by atoms with Crippen molar-refractivity contribution in [3.05, 3.63) is 0 Å². The molecule has 2 rings (SSSR count). The highest BCUT2D eigenvalue weighted by molar-refractivity contribution is 5.78. The van der Waals surface area contributed by atoms with Crippen LogP contribution in [0.3, 0.4) is 0 Å². The molecule has 0 aromatic rings. The van der Waals surface area contributed by atoms with Crippen LogP contribution in [0.2, 0.25) is 0 Å². The van der Waals surface area contributed by atoms with Gasteiger partial charge >= 0.3 is 5.97 Å². The van der Waals surface area contributed by atoms with Gasteiger partial charge in [-0.3, -0.25) is 9.59 Å². The number of amides is 1. The third-order valence-electron chi connectivity index (χ3n) is 9.94. The van der Waals surface area contributed by atoms with Crippen LogP contribution in [0.15, 0.2) is 0 Å². The molecule has 11 nitrogen and oxygen atoms in total. The van der Waals surface area contributed by atoms with Gasteiger partial charge in [0, 0.05) is 30.4 Å².